The summed E-state index contributed by atoms with van der Waals surface area (Å²) in [5, 5.41) is 14.6. The summed E-state index contributed by atoms with van der Waals surface area (Å²) in [4.78, 5) is 0. The standard InChI is InChI=1S/C9H10N2O.C4H8O/c1-6-3-4-8(12)9-7(6)5-11(2)10-9;1-2-4-5-3-1/h3-5,12H,1-2H3;1-4H2. The van der Waals surface area contributed by atoms with Gasteiger partial charge in [0.05, 0.1) is 0 Å². The number of phenols is 1. The molecule has 0 radical (unpaired) electrons. The lowest BCUT2D eigenvalue weighted by atomic mass is 10.1. The zero-order valence-corrected chi connectivity index (χ0v) is 10.3. The highest BCUT2D eigenvalue weighted by atomic mass is 16.5. The molecule has 0 bridgehead atoms. The van der Waals surface area contributed by atoms with Gasteiger partial charge >= 0.3 is 0 Å². The van der Waals surface area contributed by atoms with Gasteiger partial charge in [-0.1, -0.05) is 6.07 Å². The van der Waals surface area contributed by atoms with E-state index in [0.29, 0.717) is 5.52 Å². The summed E-state index contributed by atoms with van der Waals surface area (Å²) in [5.41, 5.74) is 1.81. The second-order valence-corrected chi connectivity index (χ2v) is 4.29. The summed E-state index contributed by atoms with van der Waals surface area (Å²) in [5.74, 6) is 0.246. The minimum Gasteiger partial charge on any atom is -0.506 e. The van der Waals surface area contributed by atoms with Crippen molar-refractivity contribution in [3.8, 4) is 5.75 Å². The molecule has 1 aliphatic heterocycles. The largest absolute Gasteiger partial charge is 0.506 e. The van der Waals surface area contributed by atoms with Crippen molar-refractivity contribution in [2.45, 2.75) is 19.8 Å². The molecule has 4 nitrogen and oxygen atoms in total. The first-order valence-electron chi connectivity index (χ1n) is 5.88. The van der Waals surface area contributed by atoms with E-state index in [1.807, 2.05) is 26.2 Å². The van der Waals surface area contributed by atoms with Crippen molar-refractivity contribution in [1.82, 2.24) is 9.78 Å². The van der Waals surface area contributed by atoms with Crippen LogP contribution in [-0.2, 0) is 11.8 Å². The first-order chi connectivity index (χ1) is 8.18. The van der Waals surface area contributed by atoms with Crippen molar-refractivity contribution >= 4 is 10.9 Å². The van der Waals surface area contributed by atoms with E-state index in [4.69, 9.17) is 4.74 Å². The molecular formula is C13H18N2O2. The molecule has 1 fully saturated rings. The number of aryl methyl sites for hydroxylation is 2. The number of nitrogens with zero attached hydrogens (tertiary/aromatic N) is 2. The van der Waals surface area contributed by atoms with Crippen LogP contribution in [0.2, 0.25) is 0 Å². The Morgan fingerprint density at radius 3 is 2.53 bits per heavy atom. The summed E-state index contributed by atoms with van der Waals surface area (Å²) >= 11 is 0. The molecule has 0 atom stereocenters. The Hall–Kier alpha value is -1.55. The quantitative estimate of drug-likeness (QED) is 0.761. The van der Waals surface area contributed by atoms with Gasteiger partial charge in [-0.25, -0.2) is 0 Å². The number of rotatable bonds is 0. The number of aromatic nitrogens is 2. The Kier molecular flexibility index (Phi) is 3.64. The fourth-order valence-electron chi connectivity index (χ4n) is 1.85. The Morgan fingerprint density at radius 1 is 1.29 bits per heavy atom. The molecule has 1 saturated heterocycles. The van der Waals surface area contributed by atoms with E-state index in [2.05, 4.69) is 5.10 Å². The molecule has 4 heteroatoms. The maximum absolute atomic E-state index is 9.43. The summed E-state index contributed by atoms with van der Waals surface area (Å²) < 4.78 is 6.65. The zero-order chi connectivity index (χ0) is 12.3. The Bertz CT molecular complexity index is 455. The van der Waals surface area contributed by atoms with Crippen LogP contribution in [0.3, 0.4) is 0 Å². The second-order valence-electron chi connectivity index (χ2n) is 4.29. The van der Waals surface area contributed by atoms with Gasteiger partial charge in [0.2, 0.25) is 0 Å². The van der Waals surface area contributed by atoms with E-state index in [1.54, 1.807) is 10.7 Å². The zero-order valence-electron chi connectivity index (χ0n) is 10.3. The van der Waals surface area contributed by atoms with Crippen LogP contribution in [0.4, 0.5) is 0 Å². The topological polar surface area (TPSA) is 47.3 Å². The van der Waals surface area contributed by atoms with Gasteiger partial charge in [0.25, 0.3) is 0 Å². The van der Waals surface area contributed by atoms with Gasteiger partial charge in [-0.2, -0.15) is 5.10 Å². The lowest BCUT2D eigenvalue weighted by Gasteiger charge is -1.95. The maximum Gasteiger partial charge on any atom is 0.143 e. The van der Waals surface area contributed by atoms with Crippen LogP contribution in [0.15, 0.2) is 18.3 Å². The van der Waals surface area contributed by atoms with Crippen molar-refractivity contribution in [2.75, 3.05) is 13.2 Å². The minimum absolute atomic E-state index is 0.246. The molecule has 3 rings (SSSR count). The first kappa shape index (κ1) is 11.9. The van der Waals surface area contributed by atoms with E-state index in [1.165, 1.54) is 12.8 Å². The Labute approximate surface area is 101 Å². The number of hydrogen-bond donors (Lipinski definition) is 1. The lowest BCUT2D eigenvalue weighted by Crippen LogP contribution is -1.84. The minimum atomic E-state index is 0.246. The predicted octanol–water partition coefficient (Wildman–Crippen LogP) is 2.38. The smallest absolute Gasteiger partial charge is 0.143 e. The average molecular weight is 234 g/mol. The fourth-order valence-corrected chi connectivity index (χ4v) is 1.85. The second kappa shape index (κ2) is 5.19. The van der Waals surface area contributed by atoms with E-state index in [-0.39, 0.29) is 5.75 Å². The van der Waals surface area contributed by atoms with Crippen molar-refractivity contribution in [2.24, 2.45) is 7.05 Å². The third-order valence-corrected chi connectivity index (χ3v) is 2.81. The number of ether oxygens (including phenoxy) is 1. The number of phenolic OH excluding ortho intramolecular Hbond substituents is 1. The summed E-state index contributed by atoms with van der Waals surface area (Å²) in [6.07, 6.45) is 4.46. The molecule has 0 amide bonds. The highest BCUT2D eigenvalue weighted by molar-refractivity contribution is 5.86. The van der Waals surface area contributed by atoms with E-state index in [0.717, 1.165) is 24.2 Å². The number of fused-ring (bicyclic) bond motifs is 1. The maximum atomic E-state index is 9.43. The predicted molar refractivity (Wildman–Crippen MR) is 67.2 cm³/mol. The molecule has 0 saturated carbocycles. The highest BCUT2D eigenvalue weighted by Crippen LogP contribution is 2.25. The number of hydrogen-bond acceptors (Lipinski definition) is 3. The van der Waals surface area contributed by atoms with Gasteiger partial charge in [0, 0.05) is 31.8 Å². The van der Waals surface area contributed by atoms with Crippen molar-refractivity contribution < 1.29 is 9.84 Å². The molecule has 1 N–H and O–H groups in total. The molecule has 17 heavy (non-hydrogen) atoms. The normalized spacial score (nSPS) is 14.7. The molecule has 92 valence electrons. The molecule has 2 heterocycles. The van der Waals surface area contributed by atoms with Crippen LogP contribution in [0.1, 0.15) is 18.4 Å². The van der Waals surface area contributed by atoms with E-state index >= 15 is 0 Å². The van der Waals surface area contributed by atoms with Crippen LogP contribution < -0.4 is 0 Å². The molecule has 1 aromatic carbocycles. The molecule has 0 aliphatic carbocycles. The van der Waals surface area contributed by atoms with E-state index in [9.17, 15) is 5.11 Å². The highest BCUT2D eigenvalue weighted by Gasteiger charge is 2.05. The Balaban J connectivity index is 0.000000181. The molecule has 1 aliphatic rings. The fraction of sp³-hybridized carbons (Fsp3) is 0.462. The average Bonchev–Trinajstić information content (AvgIpc) is 2.95. The molecule has 1 aromatic heterocycles. The first-order valence-corrected chi connectivity index (χ1v) is 5.88. The van der Waals surface area contributed by atoms with Crippen LogP contribution in [0, 0.1) is 6.92 Å². The van der Waals surface area contributed by atoms with Gasteiger partial charge in [-0.3, -0.25) is 4.68 Å². The SMILES string of the molecule is C1CCOC1.Cc1ccc(O)c2nn(C)cc12. The third-order valence-electron chi connectivity index (χ3n) is 2.81. The lowest BCUT2D eigenvalue weighted by molar-refractivity contribution is 0.198. The summed E-state index contributed by atoms with van der Waals surface area (Å²) in [6, 6.07) is 3.56. The van der Waals surface area contributed by atoms with Gasteiger partial charge in [-0.05, 0) is 31.4 Å². The van der Waals surface area contributed by atoms with Crippen molar-refractivity contribution in [3.63, 3.8) is 0 Å². The van der Waals surface area contributed by atoms with Gasteiger partial charge in [0.1, 0.15) is 11.3 Å². The molecule has 0 spiro atoms. The van der Waals surface area contributed by atoms with Crippen LogP contribution in [0.25, 0.3) is 10.9 Å². The van der Waals surface area contributed by atoms with Crippen molar-refractivity contribution in [3.05, 3.63) is 23.9 Å². The molecule has 0 unspecified atom stereocenters. The van der Waals surface area contributed by atoms with E-state index < -0.39 is 0 Å². The van der Waals surface area contributed by atoms with Crippen molar-refractivity contribution in [1.29, 1.82) is 0 Å². The van der Waals surface area contributed by atoms with Crippen LogP contribution in [0.5, 0.6) is 5.75 Å². The monoisotopic (exact) mass is 234 g/mol. The number of aromatic hydroxyl groups is 1. The summed E-state index contributed by atoms with van der Waals surface area (Å²) in [7, 11) is 1.85. The third kappa shape index (κ3) is 2.77. The van der Waals surface area contributed by atoms with Gasteiger partial charge < -0.3 is 9.84 Å². The van der Waals surface area contributed by atoms with Gasteiger partial charge in [0.15, 0.2) is 0 Å². The Morgan fingerprint density at radius 2 is 2.00 bits per heavy atom. The van der Waals surface area contributed by atoms with Crippen LogP contribution >= 0.6 is 0 Å². The number of benzene rings is 1. The molecule has 2 aromatic rings. The molecular weight excluding hydrogens is 216 g/mol. The summed E-state index contributed by atoms with van der Waals surface area (Å²) in [6.45, 7) is 4.00. The van der Waals surface area contributed by atoms with Crippen LogP contribution in [-0.4, -0.2) is 28.1 Å². The van der Waals surface area contributed by atoms with Gasteiger partial charge in [-0.15, -0.1) is 0 Å².